The molecule has 3 rings (SSSR count). The minimum absolute atomic E-state index is 0.138. The van der Waals surface area contributed by atoms with E-state index in [2.05, 4.69) is 11.6 Å². The summed E-state index contributed by atoms with van der Waals surface area (Å²) in [4.78, 5) is 16.9. The average Bonchev–Trinajstić information content (AvgIpc) is 2.96. The molecule has 0 saturated carbocycles. The number of carbonyl (C=O) groups is 1. The molecular weight excluding hydrogens is 379 g/mol. The van der Waals surface area contributed by atoms with Crippen LogP contribution < -0.4 is 9.54 Å². The number of rotatable bonds is 5. The maximum atomic E-state index is 12.2. The van der Waals surface area contributed by atoms with Gasteiger partial charge in [-0.1, -0.05) is 58.8 Å². The number of halogens is 2. The third-order valence-electron chi connectivity index (χ3n) is 3.37. The van der Waals surface area contributed by atoms with Crippen molar-refractivity contribution in [2.45, 2.75) is 6.54 Å². The van der Waals surface area contributed by atoms with Crippen molar-refractivity contribution >= 4 is 50.7 Å². The SMILES string of the molecule is C=CCn1c(=NC(=O)COc2ccccc2)sc2ccc(Cl)c(Cl)c21. The zero-order valence-corrected chi connectivity index (χ0v) is 15.4. The number of thiazole rings is 1. The van der Waals surface area contributed by atoms with Crippen molar-refractivity contribution in [3.63, 3.8) is 0 Å². The number of hydrogen-bond donors (Lipinski definition) is 0. The molecule has 1 heterocycles. The van der Waals surface area contributed by atoms with Gasteiger partial charge in [-0.05, 0) is 24.3 Å². The van der Waals surface area contributed by atoms with Gasteiger partial charge >= 0.3 is 0 Å². The highest BCUT2D eigenvalue weighted by molar-refractivity contribution is 7.16. The number of nitrogens with zero attached hydrogens (tertiary/aromatic N) is 2. The number of fused-ring (bicyclic) bond motifs is 1. The fourth-order valence-corrected chi connectivity index (χ4v) is 3.83. The Balaban J connectivity index is 1.95. The molecule has 0 spiro atoms. The second kappa shape index (κ2) is 7.87. The van der Waals surface area contributed by atoms with E-state index >= 15 is 0 Å². The second-order valence-electron chi connectivity index (χ2n) is 5.10. The van der Waals surface area contributed by atoms with Crippen LogP contribution in [-0.4, -0.2) is 17.1 Å². The third kappa shape index (κ3) is 3.95. The van der Waals surface area contributed by atoms with E-state index in [1.54, 1.807) is 24.3 Å². The van der Waals surface area contributed by atoms with E-state index in [1.807, 2.05) is 28.8 Å². The number of amides is 1. The Labute approximate surface area is 158 Å². The molecule has 2 aromatic carbocycles. The smallest absolute Gasteiger partial charge is 0.286 e. The number of benzene rings is 2. The van der Waals surface area contributed by atoms with Crippen LogP contribution in [0.4, 0.5) is 0 Å². The maximum Gasteiger partial charge on any atom is 0.286 e. The fourth-order valence-electron chi connectivity index (χ4n) is 2.29. The van der Waals surface area contributed by atoms with E-state index in [9.17, 15) is 4.79 Å². The molecule has 0 aliphatic carbocycles. The minimum atomic E-state index is -0.379. The van der Waals surface area contributed by atoms with Crippen LogP contribution in [0.3, 0.4) is 0 Å². The molecule has 0 N–H and O–H groups in total. The van der Waals surface area contributed by atoms with Crippen LogP contribution in [-0.2, 0) is 11.3 Å². The Bertz CT molecular complexity index is 993. The van der Waals surface area contributed by atoms with E-state index in [4.69, 9.17) is 27.9 Å². The zero-order valence-electron chi connectivity index (χ0n) is 13.1. The molecule has 3 aromatic rings. The van der Waals surface area contributed by atoms with Crippen molar-refractivity contribution in [2.75, 3.05) is 6.61 Å². The van der Waals surface area contributed by atoms with E-state index in [0.717, 1.165) is 10.2 Å². The summed E-state index contributed by atoms with van der Waals surface area (Å²) in [7, 11) is 0. The van der Waals surface area contributed by atoms with Crippen LogP contribution in [0, 0.1) is 0 Å². The van der Waals surface area contributed by atoms with Crippen molar-refractivity contribution in [2.24, 2.45) is 4.99 Å². The van der Waals surface area contributed by atoms with Crippen molar-refractivity contribution in [1.82, 2.24) is 4.57 Å². The predicted molar refractivity (Wildman–Crippen MR) is 103 cm³/mol. The molecule has 25 heavy (non-hydrogen) atoms. The number of carbonyl (C=O) groups excluding carboxylic acids is 1. The van der Waals surface area contributed by atoms with Crippen molar-refractivity contribution < 1.29 is 9.53 Å². The first-order valence-electron chi connectivity index (χ1n) is 7.44. The molecule has 0 unspecified atom stereocenters. The second-order valence-corrected chi connectivity index (χ2v) is 6.89. The van der Waals surface area contributed by atoms with Crippen LogP contribution in [0.15, 0.2) is 60.1 Å². The van der Waals surface area contributed by atoms with Gasteiger partial charge in [0, 0.05) is 6.54 Å². The van der Waals surface area contributed by atoms with Crippen LogP contribution in [0.2, 0.25) is 10.0 Å². The molecule has 0 atom stereocenters. The quantitative estimate of drug-likeness (QED) is 0.590. The summed E-state index contributed by atoms with van der Waals surface area (Å²) in [5.41, 5.74) is 0.745. The molecule has 0 fully saturated rings. The number of para-hydroxylation sites is 1. The fraction of sp³-hybridized carbons (Fsp3) is 0.111. The first kappa shape index (κ1) is 17.7. The van der Waals surface area contributed by atoms with Gasteiger partial charge in [-0.15, -0.1) is 6.58 Å². The largest absolute Gasteiger partial charge is 0.484 e. The summed E-state index contributed by atoms with van der Waals surface area (Å²) in [6.45, 7) is 4.07. The van der Waals surface area contributed by atoms with Gasteiger partial charge < -0.3 is 9.30 Å². The van der Waals surface area contributed by atoms with E-state index in [1.165, 1.54) is 11.3 Å². The van der Waals surface area contributed by atoms with E-state index in [-0.39, 0.29) is 12.5 Å². The Morgan fingerprint density at radius 3 is 2.72 bits per heavy atom. The van der Waals surface area contributed by atoms with Gasteiger partial charge in [0.1, 0.15) is 5.75 Å². The van der Waals surface area contributed by atoms with Crippen LogP contribution in [0.1, 0.15) is 0 Å². The normalized spacial score (nSPS) is 11.7. The van der Waals surface area contributed by atoms with Crippen molar-refractivity contribution in [3.8, 4) is 5.75 Å². The number of ether oxygens (including phenoxy) is 1. The first-order chi connectivity index (χ1) is 12.1. The first-order valence-corrected chi connectivity index (χ1v) is 9.01. The average molecular weight is 393 g/mol. The summed E-state index contributed by atoms with van der Waals surface area (Å²) >= 11 is 13.8. The standard InChI is InChI=1S/C18H14Cl2N2O2S/c1-2-10-22-17-14(9-8-13(19)16(17)20)25-18(22)21-15(23)11-24-12-6-4-3-5-7-12/h2-9H,1,10-11H2. The number of aromatic nitrogens is 1. The molecule has 128 valence electrons. The lowest BCUT2D eigenvalue weighted by Crippen LogP contribution is -2.19. The zero-order chi connectivity index (χ0) is 17.8. The summed E-state index contributed by atoms with van der Waals surface area (Å²) in [6, 6.07) is 12.7. The molecule has 4 nitrogen and oxygen atoms in total. The molecule has 0 aliphatic heterocycles. The molecular formula is C18H14Cl2N2O2S. The Kier molecular flexibility index (Phi) is 5.58. The Morgan fingerprint density at radius 1 is 1.24 bits per heavy atom. The lowest BCUT2D eigenvalue weighted by Gasteiger charge is -2.04. The molecule has 0 aliphatic rings. The van der Waals surface area contributed by atoms with Gasteiger partial charge in [-0.3, -0.25) is 4.79 Å². The summed E-state index contributed by atoms with van der Waals surface area (Å²) in [6.07, 6.45) is 1.72. The number of hydrogen-bond acceptors (Lipinski definition) is 3. The topological polar surface area (TPSA) is 43.6 Å². The minimum Gasteiger partial charge on any atom is -0.484 e. The number of allylic oxidation sites excluding steroid dienone is 1. The van der Waals surface area contributed by atoms with Gasteiger partial charge in [0.05, 0.1) is 20.3 Å². The molecule has 7 heteroatoms. The molecule has 1 amide bonds. The van der Waals surface area contributed by atoms with Gasteiger partial charge in [-0.25, -0.2) is 0 Å². The van der Waals surface area contributed by atoms with Gasteiger partial charge in [0.2, 0.25) is 0 Å². The van der Waals surface area contributed by atoms with E-state index < -0.39 is 0 Å². The molecule has 0 saturated heterocycles. The Morgan fingerprint density at radius 2 is 2.00 bits per heavy atom. The monoisotopic (exact) mass is 392 g/mol. The summed E-state index contributed by atoms with van der Waals surface area (Å²) in [5.74, 6) is 0.242. The lowest BCUT2D eigenvalue weighted by molar-refractivity contribution is -0.120. The van der Waals surface area contributed by atoms with Crippen LogP contribution >= 0.6 is 34.5 Å². The van der Waals surface area contributed by atoms with Crippen LogP contribution in [0.5, 0.6) is 5.75 Å². The Hall–Kier alpha value is -2.08. The van der Waals surface area contributed by atoms with Gasteiger partial charge in [0.25, 0.3) is 5.91 Å². The molecule has 0 radical (unpaired) electrons. The highest BCUT2D eigenvalue weighted by Gasteiger charge is 2.13. The molecule has 0 bridgehead atoms. The predicted octanol–water partition coefficient (Wildman–Crippen LogP) is 4.70. The third-order valence-corrected chi connectivity index (χ3v) is 5.21. The van der Waals surface area contributed by atoms with Crippen molar-refractivity contribution in [3.05, 3.63) is 70.0 Å². The van der Waals surface area contributed by atoms with Gasteiger partial charge in [-0.2, -0.15) is 4.99 Å². The van der Waals surface area contributed by atoms with Crippen molar-refractivity contribution in [1.29, 1.82) is 0 Å². The van der Waals surface area contributed by atoms with E-state index in [0.29, 0.717) is 27.1 Å². The molecule has 1 aromatic heterocycles. The van der Waals surface area contributed by atoms with Crippen LogP contribution in [0.25, 0.3) is 10.2 Å². The highest BCUT2D eigenvalue weighted by Crippen LogP contribution is 2.32. The highest BCUT2D eigenvalue weighted by atomic mass is 35.5. The van der Waals surface area contributed by atoms with Gasteiger partial charge in [0.15, 0.2) is 11.4 Å². The lowest BCUT2D eigenvalue weighted by atomic mass is 10.3. The maximum absolute atomic E-state index is 12.2. The summed E-state index contributed by atoms with van der Waals surface area (Å²) < 4.78 is 8.16. The summed E-state index contributed by atoms with van der Waals surface area (Å²) in [5, 5.41) is 0.891.